The van der Waals surface area contributed by atoms with E-state index in [1.165, 1.54) is 32.4 Å². The Morgan fingerprint density at radius 2 is 2.11 bits per heavy atom. The van der Waals surface area contributed by atoms with Crippen molar-refractivity contribution >= 4 is 33.5 Å². The first kappa shape index (κ1) is 15.1. The van der Waals surface area contributed by atoms with Gasteiger partial charge in [0.25, 0.3) is 11.6 Å². The van der Waals surface area contributed by atoms with Gasteiger partial charge in [0, 0.05) is 13.1 Å². The average Bonchev–Trinajstić information content (AvgIpc) is 2.37. The van der Waals surface area contributed by atoms with Crippen molar-refractivity contribution in [2.24, 2.45) is 0 Å². The van der Waals surface area contributed by atoms with Crippen LogP contribution < -0.4 is 0 Å². The minimum atomic E-state index is -0.596. The summed E-state index contributed by atoms with van der Waals surface area (Å²) in [5.41, 5.74) is -0.0991. The molecule has 0 N–H and O–H groups in total. The summed E-state index contributed by atoms with van der Waals surface area (Å²) < 4.78 is 4.53. The highest BCUT2D eigenvalue weighted by molar-refractivity contribution is 9.10. The van der Waals surface area contributed by atoms with E-state index in [1.54, 1.807) is 0 Å². The normalized spacial score (nSPS) is 9.84. The molecule has 0 bridgehead atoms. The molecule has 0 atom stereocenters. The Morgan fingerprint density at radius 3 is 2.63 bits per heavy atom. The first-order valence-corrected chi connectivity index (χ1v) is 5.93. The lowest BCUT2D eigenvalue weighted by Gasteiger charge is -2.16. The molecule has 0 saturated heterocycles. The van der Waals surface area contributed by atoms with Crippen LogP contribution in [0.4, 0.5) is 5.69 Å². The molecule has 8 heteroatoms. The molecule has 0 heterocycles. The maximum absolute atomic E-state index is 12.1. The van der Waals surface area contributed by atoms with Crippen LogP contribution in [0, 0.1) is 10.1 Å². The second-order valence-electron chi connectivity index (χ2n) is 3.63. The number of nitro benzene ring substituents is 1. The van der Waals surface area contributed by atoms with Crippen molar-refractivity contribution in [2.75, 3.05) is 20.7 Å². The lowest BCUT2D eigenvalue weighted by Crippen LogP contribution is -2.32. The van der Waals surface area contributed by atoms with Gasteiger partial charge in [-0.05, 0) is 22.0 Å². The number of benzene rings is 1. The van der Waals surface area contributed by atoms with Crippen LogP contribution in [0.3, 0.4) is 0 Å². The highest BCUT2D eigenvalue weighted by atomic mass is 79.9. The van der Waals surface area contributed by atoms with Gasteiger partial charge in [0.05, 0.1) is 17.6 Å². The minimum absolute atomic E-state index is 0.0849. The molecule has 1 aromatic carbocycles. The predicted molar refractivity (Wildman–Crippen MR) is 69.8 cm³/mol. The summed E-state index contributed by atoms with van der Waals surface area (Å²) in [6.07, 6.45) is 0. The molecule has 0 unspecified atom stereocenters. The van der Waals surface area contributed by atoms with Crippen molar-refractivity contribution in [3.05, 3.63) is 38.3 Å². The molecule has 0 aliphatic heterocycles. The fourth-order valence-corrected chi connectivity index (χ4v) is 1.94. The summed E-state index contributed by atoms with van der Waals surface area (Å²) in [5, 5.41) is 10.8. The summed E-state index contributed by atoms with van der Waals surface area (Å²) in [5.74, 6) is -1.08. The molecule has 0 saturated carbocycles. The number of rotatable bonds is 4. The van der Waals surface area contributed by atoms with Crippen molar-refractivity contribution in [2.45, 2.75) is 0 Å². The van der Waals surface area contributed by atoms with Crippen LogP contribution in [0.1, 0.15) is 10.4 Å². The molecule has 1 rings (SSSR count). The maximum Gasteiger partial charge on any atom is 0.325 e. The second-order valence-corrected chi connectivity index (χ2v) is 4.43. The molecule has 0 radical (unpaired) electrons. The van der Waals surface area contributed by atoms with Crippen LogP contribution in [-0.2, 0) is 9.53 Å². The molecule has 0 aromatic heterocycles. The lowest BCUT2D eigenvalue weighted by atomic mass is 10.2. The van der Waals surface area contributed by atoms with Crippen molar-refractivity contribution in [3.8, 4) is 0 Å². The van der Waals surface area contributed by atoms with E-state index in [9.17, 15) is 19.7 Å². The van der Waals surface area contributed by atoms with Crippen LogP contribution in [0.25, 0.3) is 0 Å². The molecule has 7 nitrogen and oxygen atoms in total. The number of halogens is 1. The number of likely N-dealkylation sites (N-methyl/N-ethyl adjacent to an activating group) is 1. The van der Waals surface area contributed by atoms with E-state index in [2.05, 4.69) is 20.7 Å². The smallest absolute Gasteiger partial charge is 0.325 e. The van der Waals surface area contributed by atoms with Crippen molar-refractivity contribution < 1.29 is 19.2 Å². The molecule has 102 valence electrons. The Bertz CT molecular complexity index is 532. The minimum Gasteiger partial charge on any atom is -0.468 e. The van der Waals surface area contributed by atoms with E-state index in [0.717, 1.165) is 4.90 Å². The van der Waals surface area contributed by atoms with Gasteiger partial charge in [-0.3, -0.25) is 19.7 Å². The molecule has 0 fully saturated rings. The number of hydrogen-bond acceptors (Lipinski definition) is 5. The van der Waals surface area contributed by atoms with Crippen molar-refractivity contribution in [1.82, 2.24) is 4.90 Å². The third-order valence-electron chi connectivity index (χ3n) is 2.35. The zero-order chi connectivity index (χ0) is 14.6. The fourth-order valence-electron chi connectivity index (χ4n) is 1.36. The van der Waals surface area contributed by atoms with Gasteiger partial charge in [-0.25, -0.2) is 0 Å². The Balaban J connectivity index is 3.03. The molecular formula is C11H11BrN2O5. The summed E-state index contributed by atoms with van der Waals surface area (Å²) >= 11 is 3.03. The topological polar surface area (TPSA) is 89.8 Å². The number of nitrogens with zero attached hydrogens (tertiary/aromatic N) is 2. The maximum atomic E-state index is 12.1. The van der Waals surface area contributed by atoms with Crippen LogP contribution >= 0.6 is 15.9 Å². The third kappa shape index (κ3) is 3.50. The van der Waals surface area contributed by atoms with Crippen LogP contribution in [0.15, 0.2) is 22.7 Å². The first-order chi connectivity index (χ1) is 8.88. The highest BCUT2D eigenvalue weighted by Crippen LogP contribution is 2.28. The summed E-state index contributed by atoms with van der Waals surface area (Å²) in [6.45, 7) is -0.232. The largest absolute Gasteiger partial charge is 0.468 e. The lowest BCUT2D eigenvalue weighted by molar-refractivity contribution is -0.385. The average molecular weight is 331 g/mol. The Hall–Kier alpha value is -1.96. The summed E-state index contributed by atoms with van der Waals surface area (Å²) in [7, 11) is 2.62. The van der Waals surface area contributed by atoms with Gasteiger partial charge in [0.2, 0.25) is 0 Å². The number of methoxy groups -OCH3 is 1. The predicted octanol–water partition coefficient (Wildman–Crippen LogP) is 1.60. The van der Waals surface area contributed by atoms with Gasteiger partial charge in [-0.15, -0.1) is 0 Å². The summed E-state index contributed by atoms with van der Waals surface area (Å²) in [6, 6.07) is 4.12. The number of nitro groups is 1. The highest BCUT2D eigenvalue weighted by Gasteiger charge is 2.22. The number of esters is 1. The number of amides is 1. The van der Waals surface area contributed by atoms with Gasteiger partial charge < -0.3 is 9.64 Å². The monoisotopic (exact) mass is 330 g/mol. The molecule has 0 aliphatic rings. The van der Waals surface area contributed by atoms with Gasteiger partial charge >= 0.3 is 5.97 Å². The van der Waals surface area contributed by atoms with E-state index in [4.69, 9.17) is 0 Å². The fraction of sp³-hybridized carbons (Fsp3) is 0.273. The van der Waals surface area contributed by atoms with Gasteiger partial charge in [0.15, 0.2) is 0 Å². The van der Waals surface area contributed by atoms with Gasteiger partial charge in [0.1, 0.15) is 11.0 Å². The molecular weight excluding hydrogens is 320 g/mol. The van der Waals surface area contributed by atoms with Crippen LogP contribution in [0.5, 0.6) is 0 Å². The zero-order valence-corrected chi connectivity index (χ0v) is 11.8. The standard InChI is InChI=1S/C11H11BrN2O5/c1-13(6-9(15)19-2)11(16)7-4-3-5-8(10(7)12)14(17)18/h3-5H,6H2,1-2H3. The van der Waals surface area contributed by atoms with Crippen LogP contribution in [0.2, 0.25) is 0 Å². The number of hydrogen-bond donors (Lipinski definition) is 0. The molecule has 1 aromatic rings. The Labute approximate surface area is 117 Å². The zero-order valence-electron chi connectivity index (χ0n) is 10.3. The quantitative estimate of drug-likeness (QED) is 0.475. The number of carbonyl (C=O) groups is 2. The van der Waals surface area contributed by atoms with E-state index in [0.29, 0.717) is 0 Å². The van der Waals surface area contributed by atoms with E-state index in [-0.39, 0.29) is 22.3 Å². The van der Waals surface area contributed by atoms with Gasteiger partial charge in [-0.1, -0.05) is 6.07 Å². The first-order valence-electron chi connectivity index (χ1n) is 5.13. The van der Waals surface area contributed by atoms with E-state index < -0.39 is 16.8 Å². The molecule has 0 spiro atoms. The van der Waals surface area contributed by atoms with Crippen molar-refractivity contribution in [3.63, 3.8) is 0 Å². The SMILES string of the molecule is COC(=O)CN(C)C(=O)c1cccc([N+](=O)[O-])c1Br. The van der Waals surface area contributed by atoms with E-state index in [1.807, 2.05) is 0 Å². The number of ether oxygens (including phenoxy) is 1. The van der Waals surface area contributed by atoms with E-state index >= 15 is 0 Å². The molecule has 1 amide bonds. The Kier molecular flexibility index (Phi) is 4.99. The third-order valence-corrected chi connectivity index (χ3v) is 3.18. The molecule has 0 aliphatic carbocycles. The molecule has 19 heavy (non-hydrogen) atoms. The number of carbonyl (C=O) groups excluding carboxylic acids is 2. The van der Waals surface area contributed by atoms with Crippen LogP contribution in [-0.4, -0.2) is 42.4 Å². The summed E-state index contributed by atoms with van der Waals surface area (Å²) in [4.78, 5) is 34.4. The second kappa shape index (κ2) is 6.28. The van der Waals surface area contributed by atoms with Gasteiger partial charge in [-0.2, -0.15) is 0 Å². The van der Waals surface area contributed by atoms with Crippen molar-refractivity contribution in [1.29, 1.82) is 0 Å². The Morgan fingerprint density at radius 1 is 1.47 bits per heavy atom.